The van der Waals surface area contributed by atoms with Crippen LogP contribution in [0, 0.1) is 0 Å². The summed E-state index contributed by atoms with van der Waals surface area (Å²) in [7, 11) is 0. The van der Waals surface area contributed by atoms with Crippen molar-refractivity contribution < 1.29 is 14.7 Å². The zero-order valence-electron chi connectivity index (χ0n) is 8.01. The van der Waals surface area contributed by atoms with E-state index in [1.54, 1.807) is 6.92 Å². The third-order valence-electron chi connectivity index (χ3n) is 2.68. The fourth-order valence-corrected chi connectivity index (χ4v) is 1.78. The van der Waals surface area contributed by atoms with Gasteiger partial charge in [-0.05, 0) is 12.8 Å². The van der Waals surface area contributed by atoms with Crippen molar-refractivity contribution >= 4 is 11.6 Å². The summed E-state index contributed by atoms with van der Waals surface area (Å²) < 4.78 is 0. The molecular weight excluding hydrogens is 168 g/mol. The number of hydrogen-bond donors (Lipinski definition) is 1. The molecule has 1 aliphatic rings. The molecule has 0 aromatic carbocycles. The van der Waals surface area contributed by atoms with E-state index < -0.39 is 17.2 Å². The summed E-state index contributed by atoms with van der Waals surface area (Å²) in [4.78, 5) is 22.6. The Labute approximate surface area is 78.1 Å². The van der Waals surface area contributed by atoms with Crippen LogP contribution in [-0.2, 0) is 9.59 Å². The van der Waals surface area contributed by atoms with Crippen molar-refractivity contribution in [3.63, 3.8) is 0 Å². The summed E-state index contributed by atoms with van der Waals surface area (Å²) in [6, 6.07) is 0. The van der Waals surface area contributed by atoms with Crippen molar-refractivity contribution in [1.29, 1.82) is 0 Å². The number of hydrogen-bond acceptors (Lipinski definition) is 3. The van der Waals surface area contributed by atoms with Gasteiger partial charge in [0.2, 0.25) is 11.6 Å². The highest BCUT2D eigenvalue weighted by molar-refractivity contribution is 6.40. The van der Waals surface area contributed by atoms with E-state index in [1.807, 2.05) is 0 Å². The van der Waals surface area contributed by atoms with Crippen molar-refractivity contribution in [2.24, 2.45) is 0 Å². The Morgan fingerprint density at radius 3 is 2.23 bits per heavy atom. The predicted octanol–water partition coefficient (Wildman–Crippen LogP) is 1.23. The molecule has 1 rings (SSSR count). The zero-order chi connectivity index (χ0) is 9.90. The van der Waals surface area contributed by atoms with Gasteiger partial charge >= 0.3 is 0 Å². The van der Waals surface area contributed by atoms with Crippen molar-refractivity contribution in [3.05, 3.63) is 0 Å². The van der Waals surface area contributed by atoms with Crippen LogP contribution in [-0.4, -0.2) is 22.3 Å². The molecule has 0 aromatic heterocycles. The van der Waals surface area contributed by atoms with Crippen LogP contribution in [0.25, 0.3) is 0 Å². The van der Waals surface area contributed by atoms with Crippen LogP contribution in [0.3, 0.4) is 0 Å². The van der Waals surface area contributed by atoms with E-state index in [1.165, 1.54) is 0 Å². The van der Waals surface area contributed by atoms with Gasteiger partial charge in [-0.15, -0.1) is 0 Å². The minimum absolute atomic E-state index is 0.196. The second-order valence-corrected chi connectivity index (χ2v) is 3.70. The monoisotopic (exact) mass is 184 g/mol. The second kappa shape index (κ2) is 4.01. The molecule has 1 N–H and O–H groups in total. The van der Waals surface area contributed by atoms with Crippen LogP contribution in [0.5, 0.6) is 0 Å². The molecule has 0 amide bonds. The average Bonchev–Trinajstić information content (AvgIpc) is 2.16. The molecule has 0 aromatic rings. The van der Waals surface area contributed by atoms with Crippen LogP contribution >= 0.6 is 0 Å². The van der Waals surface area contributed by atoms with E-state index >= 15 is 0 Å². The first-order valence-electron chi connectivity index (χ1n) is 4.90. The van der Waals surface area contributed by atoms with Crippen molar-refractivity contribution in [3.8, 4) is 0 Å². The van der Waals surface area contributed by atoms with Gasteiger partial charge in [-0.25, -0.2) is 0 Å². The molecule has 0 saturated heterocycles. The van der Waals surface area contributed by atoms with Gasteiger partial charge in [0.25, 0.3) is 0 Å². The minimum Gasteiger partial charge on any atom is -0.382 e. The fraction of sp³-hybridized carbons (Fsp3) is 0.800. The molecule has 74 valence electrons. The first kappa shape index (κ1) is 10.4. The lowest BCUT2D eigenvalue weighted by Gasteiger charge is -2.29. The van der Waals surface area contributed by atoms with E-state index in [0.717, 1.165) is 19.3 Å². The molecule has 0 aliphatic heterocycles. The Balaban J connectivity index is 2.67. The molecule has 0 bridgehead atoms. The van der Waals surface area contributed by atoms with Crippen molar-refractivity contribution in [2.75, 3.05) is 0 Å². The molecule has 0 atom stereocenters. The number of carbonyl (C=O) groups is 2. The van der Waals surface area contributed by atoms with Crippen LogP contribution in [0.15, 0.2) is 0 Å². The lowest BCUT2D eigenvalue weighted by molar-refractivity contribution is -0.150. The van der Waals surface area contributed by atoms with Crippen LogP contribution in [0.1, 0.15) is 45.4 Å². The van der Waals surface area contributed by atoms with Gasteiger partial charge in [0.05, 0.1) is 0 Å². The minimum atomic E-state index is -1.33. The summed E-state index contributed by atoms with van der Waals surface area (Å²) in [6.45, 7) is 1.65. The maximum atomic E-state index is 11.5. The summed E-state index contributed by atoms with van der Waals surface area (Å²) in [5.41, 5.74) is -1.33. The fourth-order valence-electron chi connectivity index (χ4n) is 1.78. The molecule has 1 fully saturated rings. The number of carbonyl (C=O) groups excluding carboxylic acids is 2. The number of Topliss-reactive ketones (excluding diaryl/α,β-unsaturated/α-hetero) is 2. The summed E-state index contributed by atoms with van der Waals surface area (Å²) in [6.07, 6.45) is 3.85. The summed E-state index contributed by atoms with van der Waals surface area (Å²) >= 11 is 0. The molecule has 1 aliphatic carbocycles. The van der Waals surface area contributed by atoms with E-state index in [4.69, 9.17) is 0 Å². The maximum absolute atomic E-state index is 11.5. The van der Waals surface area contributed by atoms with E-state index in [-0.39, 0.29) is 6.42 Å². The standard InChI is InChI=1S/C10H16O3/c1-2-8(11)9(12)10(13)6-4-3-5-7-10/h13H,2-7H2,1H3. The van der Waals surface area contributed by atoms with Crippen molar-refractivity contribution in [1.82, 2.24) is 0 Å². The zero-order valence-corrected chi connectivity index (χ0v) is 8.01. The Morgan fingerprint density at radius 2 is 1.77 bits per heavy atom. The highest BCUT2D eigenvalue weighted by Crippen LogP contribution is 2.29. The molecule has 0 radical (unpaired) electrons. The lowest BCUT2D eigenvalue weighted by atomic mass is 9.80. The third-order valence-corrected chi connectivity index (χ3v) is 2.68. The molecular formula is C10H16O3. The molecule has 3 nitrogen and oxygen atoms in total. The Kier molecular flexibility index (Phi) is 3.20. The molecule has 0 spiro atoms. The normalized spacial score (nSPS) is 21.1. The Bertz CT molecular complexity index is 214. The average molecular weight is 184 g/mol. The first-order valence-corrected chi connectivity index (χ1v) is 4.90. The van der Waals surface area contributed by atoms with Crippen molar-refractivity contribution in [2.45, 2.75) is 51.0 Å². The topological polar surface area (TPSA) is 54.4 Å². The van der Waals surface area contributed by atoms with Gasteiger partial charge in [-0.3, -0.25) is 9.59 Å². The van der Waals surface area contributed by atoms with E-state index in [2.05, 4.69) is 0 Å². The van der Waals surface area contributed by atoms with Crippen LogP contribution in [0.2, 0.25) is 0 Å². The highest BCUT2D eigenvalue weighted by atomic mass is 16.3. The Morgan fingerprint density at radius 1 is 1.23 bits per heavy atom. The molecule has 1 saturated carbocycles. The van der Waals surface area contributed by atoms with E-state index in [9.17, 15) is 14.7 Å². The van der Waals surface area contributed by atoms with Gasteiger partial charge in [0.15, 0.2) is 0 Å². The lowest BCUT2D eigenvalue weighted by Crippen LogP contribution is -2.44. The molecule has 0 heterocycles. The maximum Gasteiger partial charge on any atom is 0.229 e. The van der Waals surface area contributed by atoms with Gasteiger partial charge in [0, 0.05) is 6.42 Å². The quantitative estimate of drug-likeness (QED) is 0.671. The molecule has 0 unspecified atom stereocenters. The largest absolute Gasteiger partial charge is 0.382 e. The predicted molar refractivity (Wildman–Crippen MR) is 48.3 cm³/mol. The van der Waals surface area contributed by atoms with Gasteiger partial charge in [-0.1, -0.05) is 26.2 Å². The molecule has 13 heavy (non-hydrogen) atoms. The summed E-state index contributed by atoms with van der Waals surface area (Å²) in [5, 5.41) is 9.87. The van der Waals surface area contributed by atoms with Gasteiger partial charge in [-0.2, -0.15) is 0 Å². The second-order valence-electron chi connectivity index (χ2n) is 3.70. The molecule has 3 heteroatoms. The smallest absolute Gasteiger partial charge is 0.229 e. The highest BCUT2D eigenvalue weighted by Gasteiger charge is 2.39. The third kappa shape index (κ3) is 2.15. The summed E-state index contributed by atoms with van der Waals surface area (Å²) in [5.74, 6) is -1.01. The number of rotatable bonds is 3. The number of aliphatic hydroxyl groups is 1. The van der Waals surface area contributed by atoms with Crippen LogP contribution < -0.4 is 0 Å². The van der Waals surface area contributed by atoms with Gasteiger partial charge in [0.1, 0.15) is 5.60 Å². The first-order chi connectivity index (χ1) is 6.10. The van der Waals surface area contributed by atoms with E-state index in [0.29, 0.717) is 12.8 Å². The van der Waals surface area contributed by atoms with Gasteiger partial charge < -0.3 is 5.11 Å². The SMILES string of the molecule is CCC(=O)C(=O)C1(O)CCCCC1. The Hall–Kier alpha value is -0.700. The number of ketones is 2. The van der Waals surface area contributed by atoms with Crippen LogP contribution in [0.4, 0.5) is 0 Å².